The highest BCUT2D eigenvalue weighted by atomic mass is 79.9. The van der Waals surface area contributed by atoms with Crippen LogP contribution in [0.5, 0.6) is 0 Å². The largest absolute Gasteiger partial charge is 0.298 e. The minimum absolute atomic E-state index is 0.415. The second-order valence-electron chi connectivity index (χ2n) is 2.64. The van der Waals surface area contributed by atoms with Gasteiger partial charge < -0.3 is 0 Å². The SMILES string of the molecule is CC(=O)C(C#N)C(=O)c1ccc(Br)s1. The summed E-state index contributed by atoms with van der Waals surface area (Å²) in [6, 6.07) is 5.02. The zero-order valence-corrected chi connectivity index (χ0v) is 9.68. The van der Waals surface area contributed by atoms with Gasteiger partial charge in [0, 0.05) is 0 Å². The van der Waals surface area contributed by atoms with Crippen LogP contribution in [0.4, 0.5) is 0 Å². The maximum absolute atomic E-state index is 11.6. The molecule has 14 heavy (non-hydrogen) atoms. The molecule has 1 atom stereocenters. The van der Waals surface area contributed by atoms with Crippen molar-refractivity contribution in [1.29, 1.82) is 5.26 Å². The maximum atomic E-state index is 11.6. The number of hydrogen-bond donors (Lipinski definition) is 0. The zero-order valence-electron chi connectivity index (χ0n) is 7.28. The maximum Gasteiger partial charge on any atom is 0.197 e. The first-order valence-electron chi connectivity index (χ1n) is 3.76. The number of Topliss-reactive ketones (excluding diaryl/α,β-unsaturated/α-hetero) is 2. The number of ketones is 2. The number of hydrogen-bond acceptors (Lipinski definition) is 4. The summed E-state index contributed by atoms with van der Waals surface area (Å²) < 4.78 is 0.807. The van der Waals surface area contributed by atoms with E-state index < -0.39 is 17.5 Å². The van der Waals surface area contributed by atoms with Crippen LogP contribution in [-0.2, 0) is 4.79 Å². The highest BCUT2D eigenvalue weighted by molar-refractivity contribution is 9.11. The van der Waals surface area contributed by atoms with E-state index >= 15 is 0 Å². The molecular formula is C9H6BrNO2S. The first-order valence-corrected chi connectivity index (χ1v) is 5.37. The lowest BCUT2D eigenvalue weighted by atomic mass is 10.0. The Morgan fingerprint density at radius 3 is 2.57 bits per heavy atom. The minimum atomic E-state index is -1.17. The van der Waals surface area contributed by atoms with Crippen LogP contribution in [0.2, 0.25) is 0 Å². The van der Waals surface area contributed by atoms with E-state index in [0.29, 0.717) is 4.88 Å². The van der Waals surface area contributed by atoms with Crippen LogP contribution in [0.15, 0.2) is 15.9 Å². The van der Waals surface area contributed by atoms with Gasteiger partial charge in [0.15, 0.2) is 17.5 Å². The fraction of sp³-hybridized carbons (Fsp3) is 0.222. The molecule has 0 fully saturated rings. The summed E-state index contributed by atoms with van der Waals surface area (Å²) in [4.78, 5) is 23.0. The summed E-state index contributed by atoms with van der Waals surface area (Å²) in [7, 11) is 0. The smallest absolute Gasteiger partial charge is 0.197 e. The standard InChI is InChI=1S/C9H6BrNO2S/c1-5(12)6(4-11)9(13)7-2-3-8(10)14-7/h2-3,6H,1H3. The van der Waals surface area contributed by atoms with E-state index in [1.807, 2.05) is 0 Å². The van der Waals surface area contributed by atoms with Crippen molar-refractivity contribution < 1.29 is 9.59 Å². The van der Waals surface area contributed by atoms with Crippen molar-refractivity contribution in [2.45, 2.75) is 6.92 Å². The number of carbonyl (C=O) groups excluding carboxylic acids is 2. The molecule has 1 heterocycles. The molecule has 0 saturated heterocycles. The van der Waals surface area contributed by atoms with Crippen LogP contribution in [0, 0.1) is 17.2 Å². The number of halogens is 1. The van der Waals surface area contributed by atoms with Crippen LogP contribution in [0.3, 0.4) is 0 Å². The first-order chi connectivity index (χ1) is 6.56. The molecule has 0 aliphatic rings. The first kappa shape index (κ1) is 11.1. The Hall–Kier alpha value is -0.990. The third kappa shape index (κ3) is 2.28. The van der Waals surface area contributed by atoms with Crippen molar-refractivity contribution in [2.24, 2.45) is 5.92 Å². The summed E-state index contributed by atoms with van der Waals surface area (Å²) in [5.74, 6) is -2.00. The Balaban J connectivity index is 2.96. The number of rotatable bonds is 3. The Morgan fingerprint density at radius 2 is 2.21 bits per heavy atom. The number of nitrogens with zero attached hydrogens (tertiary/aromatic N) is 1. The second kappa shape index (κ2) is 4.49. The lowest BCUT2D eigenvalue weighted by Crippen LogP contribution is -2.19. The van der Waals surface area contributed by atoms with Crippen LogP contribution < -0.4 is 0 Å². The molecule has 1 unspecified atom stereocenters. The highest BCUT2D eigenvalue weighted by Crippen LogP contribution is 2.24. The predicted octanol–water partition coefficient (Wildman–Crippen LogP) is 2.42. The van der Waals surface area contributed by atoms with Gasteiger partial charge in [0.25, 0.3) is 0 Å². The van der Waals surface area contributed by atoms with Crippen molar-refractivity contribution >= 4 is 38.8 Å². The van der Waals surface area contributed by atoms with Gasteiger partial charge in [0.1, 0.15) is 0 Å². The fourth-order valence-corrected chi connectivity index (χ4v) is 2.28. The van der Waals surface area contributed by atoms with Crippen LogP contribution >= 0.6 is 27.3 Å². The molecule has 0 spiro atoms. The summed E-state index contributed by atoms with van der Waals surface area (Å²) >= 11 is 4.43. The molecule has 5 heteroatoms. The van der Waals surface area contributed by atoms with E-state index in [-0.39, 0.29) is 0 Å². The van der Waals surface area contributed by atoms with Gasteiger partial charge in [-0.1, -0.05) is 0 Å². The Morgan fingerprint density at radius 1 is 1.57 bits per heavy atom. The number of nitriles is 1. The molecule has 1 rings (SSSR count). The monoisotopic (exact) mass is 271 g/mol. The molecule has 0 aliphatic heterocycles. The summed E-state index contributed by atoms with van der Waals surface area (Å²) in [5, 5.41) is 8.64. The lowest BCUT2D eigenvalue weighted by Gasteiger charge is -2.00. The van der Waals surface area contributed by atoms with Gasteiger partial charge in [-0.2, -0.15) is 5.26 Å². The Labute approximate surface area is 93.5 Å². The molecule has 0 saturated carbocycles. The minimum Gasteiger partial charge on any atom is -0.298 e. The number of carbonyl (C=O) groups is 2. The average Bonchev–Trinajstić information content (AvgIpc) is 2.52. The molecule has 0 radical (unpaired) electrons. The molecule has 0 aliphatic carbocycles. The zero-order chi connectivity index (χ0) is 10.7. The van der Waals surface area contributed by atoms with E-state index in [1.54, 1.807) is 18.2 Å². The molecule has 0 aromatic carbocycles. The van der Waals surface area contributed by atoms with Gasteiger partial charge in [-0.25, -0.2) is 0 Å². The van der Waals surface area contributed by atoms with E-state index in [0.717, 1.165) is 3.79 Å². The quantitative estimate of drug-likeness (QED) is 0.627. The second-order valence-corrected chi connectivity index (χ2v) is 5.10. The van der Waals surface area contributed by atoms with E-state index in [4.69, 9.17) is 5.26 Å². The third-order valence-corrected chi connectivity index (χ3v) is 3.25. The fourth-order valence-electron chi connectivity index (χ4n) is 0.923. The van der Waals surface area contributed by atoms with Crippen molar-refractivity contribution in [3.63, 3.8) is 0 Å². The van der Waals surface area contributed by atoms with Gasteiger partial charge in [-0.05, 0) is 35.0 Å². The van der Waals surface area contributed by atoms with E-state index in [1.165, 1.54) is 18.3 Å². The van der Waals surface area contributed by atoms with Crippen molar-refractivity contribution in [3.05, 3.63) is 20.8 Å². The predicted molar refractivity (Wildman–Crippen MR) is 56.1 cm³/mol. The normalized spacial score (nSPS) is 11.8. The molecule has 0 amide bonds. The van der Waals surface area contributed by atoms with Gasteiger partial charge in [0.2, 0.25) is 0 Å². The summed E-state index contributed by atoms with van der Waals surface area (Å²) in [6.07, 6.45) is 0. The average molecular weight is 272 g/mol. The van der Waals surface area contributed by atoms with Gasteiger partial charge in [-0.3, -0.25) is 9.59 Å². The van der Waals surface area contributed by atoms with Gasteiger partial charge >= 0.3 is 0 Å². The van der Waals surface area contributed by atoms with E-state index in [9.17, 15) is 9.59 Å². The molecule has 0 N–H and O–H groups in total. The van der Waals surface area contributed by atoms with Crippen LogP contribution in [0.25, 0.3) is 0 Å². The Bertz CT molecular complexity index is 419. The van der Waals surface area contributed by atoms with Gasteiger partial charge in [0.05, 0.1) is 14.7 Å². The topological polar surface area (TPSA) is 57.9 Å². The summed E-state index contributed by atoms with van der Waals surface area (Å²) in [5.41, 5.74) is 0. The summed E-state index contributed by atoms with van der Waals surface area (Å²) in [6.45, 7) is 1.24. The van der Waals surface area contributed by atoms with Crippen molar-refractivity contribution in [2.75, 3.05) is 0 Å². The molecule has 3 nitrogen and oxygen atoms in total. The van der Waals surface area contributed by atoms with Crippen LogP contribution in [-0.4, -0.2) is 11.6 Å². The lowest BCUT2D eigenvalue weighted by molar-refractivity contribution is -0.118. The molecule has 1 aromatic rings. The highest BCUT2D eigenvalue weighted by Gasteiger charge is 2.25. The molecule has 0 bridgehead atoms. The number of thiophene rings is 1. The Kier molecular flexibility index (Phi) is 3.55. The molecule has 72 valence electrons. The molecular weight excluding hydrogens is 266 g/mol. The molecule has 1 aromatic heterocycles. The van der Waals surface area contributed by atoms with Crippen molar-refractivity contribution in [3.8, 4) is 6.07 Å². The van der Waals surface area contributed by atoms with Crippen molar-refractivity contribution in [1.82, 2.24) is 0 Å². The van der Waals surface area contributed by atoms with Crippen LogP contribution in [0.1, 0.15) is 16.6 Å². The third-order valence-electron chi connectivity index (χ3n) is 1.61. The van der Waals surface area contributed by atoms with Gasteiger partial charge in [-0.15, -0.1) is 11.3 Å². The van der Waals surface area contributed by atoms with E-state index in [2.05, 4.69) is 15.9 Å².